The first-order chi connectivity index (χ1) is 9.72. The van der Waals surface area contributed by atoms with Crippen molar-refractivity contribution in [1.29, 1.82) is 0 Å². The SMILES string of the molecule is Cc1nc(C(=O)Nc2cccc(C3OCCO3)c2)n[nH]1. The van der Waals surface area contributed by atoms with Crippen LogP contribution < -0.4 is 5.32 Å². The van der Waals surface area contributed by atoms with Crippen molar-refractivity contribution in [2.24, 2.45) is 0 Å². The van der Waals surface area contributed by atoms with Crippen LogP contribution in [0.15, 0.2) is 24.3 Å². The van der Waals surface area contributed by atoms with Crippen LogP contribution in [0.2, 0.25) is 0 Å². The van der Waals surface area contributed by atoms with Gasteiger partial charge in [-0.25, -0.2) is 4.98 Å². The normalized spacial score (nSPS) is 15.4. The minimum Gasteiger partial charge on any atom is -0.346 e. The van der Waals surface area contributed by atoms with Crippen molar-refractivity contribution in [1.82, 2.24) is 15.2 Å². The van der Waals surface area contributed by atoms with Gasteiger partial charge < -0.3 is 14.8 Å². The highest BCUT2D eigenvalue weighted by Gasteiger charge is 2.19. The van der Waals surface area contributed by atoms with Gasteiger partial charge in [0.15, 0.2) is 6.29 Å². The van der Waals surface area contributed by atoms with Crippen LogP contribution in [0.3, 0.4) is 0 Å². The zero-order valence-corrected chi connectivity index (χ0v) is 10.9. The van der Waals surface area contributed by atoms with Gasteiger partial charge in [-0.1, -0.05) is 12.1 Å². The summed E-state index contributed by atoms with van der Waals surface area (Å²) in [6.07, 6.45) is -0.363. The summed E-state index contributed by atoms with van der Waals surface area (Å²) < 4.78 is 10.8. The highest BCUT2D eigenvalue weighted by molar-refractivity contribution is 6.01. The van der Waals surface area contributed by atoms with Crippen molar-refractivity contribution in [3.8, 4) is 0 Å². The first kappa shape index (κ1) is 12.8. The van der Waals surface area contributed by atoms with E-state index in [0.29, 0.717) is 24.7 Å². The minimum atomic E-state index is -0.363. The Hall–Kier alpha value is -2.25. The smallest absolute Gasteiger partial charge is 0.295 e. The molecule has 1 aromatic heterocycles. The van der Waals surface area contributed by atoms with Gasteiger partial charge in [0.05, 0.1) is 13.2 Å². The number of hydrogen-bond acceptors (Lipinski definition) is 5. The lowest BCUT2D eigenvalue weighted by Crippen LogP contribution is -2.14. The number of carbonyl (C=O) groups is 1. The number of hydrogen-bond donors (Lipinski definition) is 2. The summed E-state index contributed by atoms with van der Waals surface area (Å²) >= 11 is 0. The Morgan fingerprint density at radius 3 is 2.90 bits per heavy atom. The number of rotatable bonds is 3. The Balaban J connectivity index is 1.74. The Kier molecular flexibility index (Phi) is 3.44. The maximum atomic E-state index is 11.9. The van der Waals surface area contributed by atoms with Crippen LogP contribution in [0, 0.1) is 6.92 Å². The van der Waals surface area contributed by atoms with E-state index >= 15 is 0 Å². The van der Waals surface area contributed by atoms with Gasteiger partial charge in [-0.05, 0) is 19.1 Å². The van der Waals surface area contributed by atoms with E-state index in [2.05, 4.69) is 20.5 Å². The Labute approximate surface area is 115 Å². The van der Waals surface area contributed by atoms with Gasteiger partial charge >= 0.3 is 0 Å². The number of ether oxygens (including phenoxy) is 2. The number of anilines is 1. The van der Waals surface area contributed by atoms with Crippen molar-refractivity contribution in [2.45, 2.75) is 13.2 Å². The van der Waals surface area contributed by atoms with E-state index in [-0.39, 0.29) is 18.0 Å². The van der Waals surface area contributed by atoms with Gasteiger partial charge in [0.2, 0.25) is 5.82 Å². The molecule has 0 radical (unpaired) electrons. The van der Waals surface area contributed by atoms with Crippen LogP contribution in [0.25, 0.3) is 0 Å². The maximum Gasteiger partial charge on any atom is 0.295 e. The van der Waals surface area contributed by atoms with Crippen LogP contribution >= 0.6 is 0 Å². The molecule has 1 saturated heterocycles. The molecular weight excluding hydrogens is 260 g/mol. The summed E-state index contributed by atoms with van der Waals surface area (Å²) in [7, 11) is 0. The number of aryl methyl sites for hydroxylation is 1. The average Bonchev–Trinajstić information content (AvgIpc) is 3.10. The molecule has 0 atom stereocenters. The molecule has 3 rings (SSSR count). The predicted octanol–water partition coefficient (Wildman–Crippen LogP) is 1.41. The predicted molar refractivity (Wildman–Crippen MR) is 70.2 cm³/mol. The summed E-state index contributed by atoms with van der Waals surface area (Å²) in [5.41, 5.74) is 1.51. The molecule has 2 N–H and O–H groups in total. The van der Waals surface area contributed by atoms with Crippen LogP contribution in [0.4, 0.5) is 5.69 Å². The van der Waals surface area contributed by atoms with Gasteiger partial charge in [-0.3, -0.25) is 9.89 Å². The quantitative estimate of drug-likeness (QED) is 0.883. The molecule has 1 aliphatic heterocycles. The molecule has 0 spiro atoms. The molecule has 1 amide bonds. The van der Waals surface area contributed by atoms with Gasteiger partial charge in [-0.2, -0.15) is 0 Å². The molecule has 104 valence electrons. The summed E-state index contributed by atoms with van der Waals surface area (Å²) in [5.74, 6) is 0.345. The first-order valence-corrected chi connectivity index (χ1v) is 6.26. The number of nitrogens with zero attached hydrogens (tertiary/aromatic N) is 2. The van der Waals surface area contributed by atoms with E-state index in [0.717, 1.165) is 5.56 Å². The van der Waals surface area contributed by atoms with E-state index in [1.807, 2.05) is 18.2 Å². The largest absolute Gasteiger partial charge is 0.346 e. The standard InChI is InChI=1S/C13H14N4O3/c1-8-14-11(17-16-8)12(18)15-10-4-2-3-9(7-10)13-19-5-6-20-13/h2-4,7,13H,5-6H2,1H3,(H,15,18)(H,14,16,17). The molecule has 7 heteroatoms. The topological polar surface area (TPSA) is 89.1 Å². The number of H-pyrrole nitrogens is 1. The highest BCUT2D eigenvalue weighted by Crippen LogP contribution is 2.25. The Bertz CT molecular complexity index is 620. The fourth-order valence-electron chi connectivity index (χ4n) is 1.95. The van der Waals surface area contributed by atoms with E-state index in [1.165, 1.54) is 0 Å². The lowest BCUT2D eigenvalue weighted by Gasteiger charge is -2.11. The van der Waals surface area contributed by atoms with E-state index in [9.17, 15) is 4.79 Å². The number of aromatic amines is 1. The van der Waals surface area contributed by atoms with Crippen LogP contribution in [0.1, 0.15) is 28.3 Å². The summed E-state index contributed by atoms with van der Waals surface area (Å²) in [5, 5.41) is 9.18. The number of aromatic nitrogens is 3. The van der Waals surface area contributed by atoms with Gasteiger partial charge in [-0.15, -0.1) is 5.10 Å². The molecular formula is C13H14N4O3. The highest BCUT2D eigenvalue weighted by atomic mass is 16.7. The molecule has 1 aliphatic rings. The van der Waals surface area contributed by atoms with Crippen molar-refractivity contribution in [3.05, 3.63) is 41.5 Å². The number of benzene rings is 1. The molecule has 7 nitrogen and oxygen atoms in total. The Morgan fingerprint density at radius 2 is 2.20 bits per heavy atom. The van der Waals surface area contributed by atoms with Crippen molar-refractivity contribution in [2.75, 3.05) is 18.5 Å². The maximum absolute atomic E-state index is 11.9. The molecule has 2 aromatic rings. The number of nitrogens with one attached hydrogen (secondary N) is 2. The van der Waals surface area contributed by atoms with Crippen LogP contribution in [0.5, 0.6) is 0 Å². The third-order valence-electron chi connectivity index (χ3n) is 2.84. The fraction of sp³-hybridized carbons (Fsp3) is 0.308. The second-order valence-corrected chi connectivity index (χ2v) is 4.40. The second kappa shape index (κ2) is 5.40. The molecule has 2 heterocycles. The van der Waals surface area contributed by atoms with Crippen molar-refractivity contribution in [3.63, 3.8) is 0 Å². The first-order valence-electron chi connectivity index (χ1n) is 6.26. The van der Waals surface area contributed by atoms with E-state index in [1.54, 1.807) is 13.0 Å². The lowest BCUT2D eigenvalue weighted by molar-refractivity contribution is -0.0440. The van der Waals surface area contributed by atoms with E-state index < -0.39 is 0 Å². The number of carbonyl (C=O) groups excluding carboxylic acids is 1. The summed E-state index contributed by atoms with van der Waals surface area (Å²) in [6.45, 7) is 2.90. The third kappa shape index (κ3) is 2.68. The summed E-state index contributed by atoms with van der Waals surface area (Å²) in [4.78, 5) is 15.9. The van der Waals surface area contributed by atoms with Gasteiger partial charge in [0.1, 0.15) is 5.82 Å². The van der Waals surface area contributed by atoms with Crippen LogP contribution in [-0.2, 0) is 9.47 Å². The van der Waals surface area contributed by atoms with Crippen LogP contribution in [-0.4, -0.2) is 34.3 Å². The lowest BCUT2D eigenvalue weighted by atomic mass is 10.2. The fourth-order valence-corrected chi connectivity index (χ4v) is 1.95. The molecule has 1 aromatic carbocycles. The Morgan fingerprint density at radius 1 is 1.40 bits per heavy atom. The second-order valence-electron chi connectivity index (χ2n) is 4.40. The molecule has 20 heavy (non-hydrogen) atoms. The van der Waals surface area contributed by atoms with Gasteiger partial charge in [0, 0.05) is 11.3 Å². The van der Waals surface area contributed by atoms with Gasteiger partial charge in [0.25, 0.3) is 5.91 Å². The third-order valence-corrected chi connectivity index (χ3v) is 2.84. The molecule has 0 saturated carbocycles. The minimum absolute atomic E-state index is 0.112. The monoisotopic (exact) mass is 274 g/mol. The zero-order valence-electron chi connectivity index (χ0n) is 10.9. The molecule has 0 aliphatic carbocycles. The van der Waals surface area contributed by atoms with E-state index in [4.69, 9.17) is 9.47 Å². The summed E-state index contributed by atoms with van der Waals surface area (Å²) in [6, 6.07) is 7.32. The molecule has 1 fully saturated rings. The van der Waals surface area contributed by atoms with Crippen molar-refractivity contribution < 1.29 is 14.3 Å². The molecule has 0 bridgehead atoms. The average molecular weight is 274 g/mol. The number of amides is 1. The molecule has 0 unspecified atom stereocenters. The zero-order chi connectivity index (χ0) is 13.9. The van der Waals surface area contributed by atoms with Crippen molar-refractivity contribution >= 4 is 11.6 Å².